The summed E-state index contributed by atoms with van der Waals surface area (Å²) in [7, 11) is 0. The average Bonchev–Trinajstić information content (AvgIpc) is 2.96. The van der Waals surface area contributed by atoms with Crippen LogP contribution in [0.4, 0.5) is 5.13 Å². The lowest BCUT2D eigenvalue weighted by Gasteiger charge is -2.06. The fourth-order valence-corrected chi connectivity index (χ4v) is 4.69. The van der Waals surface area contributed by atoms with Crippen LogP contribution >= 0.6 is 39.0 Å². The van der Waals surface area contributed by atoms with Gasteiger partial charge in [-0.3, -0.25) is 4.79 Å². The van der Waals surface area contributed by atoms with Crippen LogP contribution in [0.15, 0.2) is 51.8 Å². The Bertz CT molecular complexity index is 935. The van der Waals surface area contributed by atoms with Crippen LogP contribution in [-0.2, 0) is 4.79 Å². The first-order chi connectivity index (χ1) is 12.4. The molecule has 0 unspecified atom stereocenters. The topological polar surface area (TPSA) is 42.0 Å². The van der Waals surface area contributed by atoms with E-state index in [4.69, 9.17) is 0 Å². The first kappa shape index (κ1) is 19.1. The number of amides is 1. The van der Waals surface area contributed by atoms with Gasteiger partial charge in [0.05, 0.1) is 11.4 Å². The van der Waals surface area contributed by atoms with E-state index in [1.54, 1.807) is 0 Å². The second-order valence-corrected chi connectivity index (χ2v) is 9.17. The number of halogens is 1. The Morgan fingerprint density at radius 3 is 2.62 bits per heavy atom. The minimum atomic E-state index is -0.0430. The van der Waals surface area contributed by atoms with Gasteiger partial charge in [-0.25, -0.2) is 4.98 Å². The number of thiazole rings is 1. The first-order valence-corrected chi connectivity index (χ1v) is 10.7. The minimum Gasteiger partial charge on any atom is -0.301 e. The van der Waals surface area contributed by atoms with Gasteiger partial charge in [-0.1, -0.05) is 51.8 Å². The maximum Gasteiger partial charge on any atom is 0.236 e. The summed E-state index contributed by atoms with van der Waals surface area (Å²) in [5, 5.41) is 3.57. The zero-order chi connectivity index (χ0) is 18.7. The number of thioether (sulfide) groups is 1. The van der Waals surface area contributed by atoms with Crippen molar-refractivity contribution < 1.29 is 4.79 Å². The van der Waals surface area contributed by atoms with Gasteiger partial charge < -0.3 is 5.32 Å². The SMILES string of the molecule is Cc1ccc(-c2nc(NC(=O)CSc3cc(Br)ccc3C)sc2C)cc1. The quantitative estimate of drug-likeness (QED) is 0.472. The van der Waals surface area contributed by atoms with E-state index in [0.717, 1.165) is 31.1 Å². The monoisotopic (exact) mass is 446 g/mol. The zero-order valence-corrected chi connectivity index (χ0v) is 18.0. The lowest BCUT2D eigenvalue weighted by Crippen LogP contribution is -2.13. The molecule has 2 aromatic carbocycles. The van der Waals surface area contributed by atoms with Gasteiger partial charge in [0.25, 0.3) is 0 Å². The van der Waals surface area contributed by atoms with Gasteiger partial charge in [0, 0.05) is 19.8 Å². The van der Waals surface area contributed by atoms with E-state index in [0.29, 0.717) is 10.9 Å². The van der Waals surface area contributed by atoms with Crippen LogP contribution in [0.2, 0.25) is 0 Å². The number of nitrogens with one attached hydrogen (secondary N) is 1. The molecule has 134 valence electrons. The fraction of sp³-hybridized carbons (Fsp3) is 0.200. The standard InChI is InChI=1S/C20H19BrN2OS2/c1-12-4-7-15(8-5-12)19-14(3)26-20(23-19)22-18(24)11-25-17-10-16(21)9-6-13(17)2/h4-10H,11H2,1-3H3,(H,22,23,24). The summed E-state index contributed by atoms with van der Waals surface area (Å²) in [4.78, 5) is 19.1. The van der Waals surface area contributed by atoms with Crippen molar-refractivity contribution in [3.8, 4) is 11.3 Å². The number of benzene rings is 2. The van der Waals surface area contributed by atoms with Crippen LogP contribution in [0.1, 0.15) is 16.0 Å². The molecule has 1 amide bonds. The van der Waals surface area contributed by atoms with Crippen molar-refractivity contribution in [1.82, 2.24) is 4.98 Å². The Morgan fingerprint density at radius 2 is 1.88 bits per heavy atom. The van der Waals surface area contributed by atoms with E-state index < -0.39 is 0 Å². The first-order valence-electron chi connectivity index (χ1n) is 8.15. The molecule has 0 bridgehead atoms. The van der Waals surface area contributed by atoms with Gasteiger partial charge in [-0.15, -0.1) is 23.1 Å². The molecule has 3 aromatic rings. The lowest BCUT2D eigenvalue weighted by atomic mass is 10.1. The van der Waals surface area contributed by atoms with Crippen molar-refractivity contribution in [1.29, 1.82) is 0 Å². The fourth-order valence-electron chi connectivity index (χ4n) is 2.46. The Hall–Kier alpha value is -1.63. The molecule has 26 heavy (non-hydrogen) atoms. The number of rotatable bonds is 5. The Labute approximate surface area is 170 Å². The van der Waals surface area contributed by atoms with E-state index in [9.17, 15) is 4.79 Å². The molecule has 0 saturated carbocycles. The molecule has 0 radical (unpaired) electrons. The normalized spacial score (nSPS) is 10.8. The average molecular weight is 447 g/mol. The van der Waals surface area contributed by atoms with Gasteiger partial charge in [-0.05, 0) is 38.5 Å². The molecular formula is C20H19BrN2OS2. The minimum absolute atomic E-state index is 0.0430. The molecule has 0 saturated heterocycles. The number of anilines is 1. The van der Waals surface area contributed by atoms with E-state index in [2.05, 4.69) is 57.4 Å². The molecule has 1 aromatic heterocycles. The van der Waals surface area contributed by atoms with E-state index in [-0.39, 0.29) is 5.91 Å². The summed E-state index contributed by atoms with van der Waals surface area (Å²) in [5.74, 6) is 0.314. The predicted octanol–water partition coefficient (Wildman–Crippen LogP) is 6.23. The van der Waals surface area contributed by atoms with Crippen molar-refractivity contribution in [2.24, 2.45) is 0 Å². The Kier molecular flexibility index (Phi) is 6.16. The summed E-state index contributed by atoms with van der Waals surface area (Å²) in [6.07, 6.45) is 0. The molecule has 3 nitrogen and oxygen atoms in total. The highest BCUT2D eigenvalue weighted by Crippen LogP contribution is 2.31. The molecule has 0 atom stereocenters. The number of nitrogens with zero attached hydrogens (tertiary/aromatic N) is 1. The molecule has 0 fully saturated rings. The second kappa shape index (κ2) is 8.37. The summed E-state index contributed by atoms with van der Waals surface area (Å²) in [5.41, 5.74) is 4.39. The van der Waals surface area contributed by atoms with E-state index in [1.807, 2.05) is 32.0 Å². The highest BCUT2D eigenvalue weighted by Gasteiger charge is 2.13. The summed E-state index contributed by atoms with van der Waals surface area (Å²) in [6.45, 7) is 6.14. The van der Waals surface area contributed by atoms with Crippen molar-refractivity contribution in [3.05, 3.63) is 62.9 Å². The molecule has 0 aliphatic carbocycles. The maximum atomic E-state index is 12.3. The van der Waals surface area contributed by atoms with Gasteiger partial charge in [0.1, 0.15) is 0 Å². The summed E-state index contributed by atoms with van der Waals surface area (Å²) < 4.78 is 1.02. The van der Waals surface area contributed by atoms with Crippen LogP contribution in [-0.4, -0.2) is 16.6 Å². The number of aromatic nitrogens is 1. The van der Waals surface area contributed by atoms with Gasteiger partial charge in [-0.2, -0.15) is 0 Å². The third-order valence-electron chi connectivity index (χ3n) is 3.88. The van der Waals surface area contributed by atoms with Gasteiger partial charge in [0.2, 0.25) is 5.91 Å². The highest BCUT2D eigenvalue weighted by molar-refractivity contribution is 9.10. The van der Waals surface area contributed by atoms with E-state index >= 15 is 0 Å². The van der Waals surface area contributed by atoms with E-state index in [1.165, 1.54) is 28.7 Å². The molecule has 3 rings (SSSR count). The smallest absolute Gasteiger partial charge is 0.236 e. The molecular weight excluding hydrogens is 428 g/mol. The van der Waals surface area contributed by atoms with Crippen molar-refractivity contribution in [3.63, 3.8) is 0 Å². The molecule has 1 N–H and O–H groups in total. The molecule has 0 aliphatic heterocycles. The second-order valence-electron chi connectivity index (χ2n) is 6.04. The zero-order valence-electron chi connectivity index (χ0n) is 14.8. The molecule has 6 heteroatoms. The number of carbonyl (C=O) groups excluding carboxylic acids is 1. The molecule has 1 heterocycles. The predicted molar refractivity (Wildman–Crippen MR) is 115 cm³/mol. The van der Waals surface area contributed by atoms with Crippen molar-refractivity contribution >= 4 is 50.1 Å². The number of hydrogen-bond donors (Lipinski definition) is 1. The van der Waals surface area contributed by atoms with Gasteiger partial charge >= 0.3 is 0 Å². The third kappa shape index (κ3) is 4.75. The number of aryl methyl sites for hydroxylation is 3. The van der Waals surface area contributed by atoms with Crippen LogP contribution in [0.25, 0.3) is 11.3 Å². The maximum absolute atomic E-state index is 12.3. The van der Waals surface area contributed by atoms with Crippen molar-refractivity contribution in [2.45, 2.75) is 25.7 Å². The highest BCUT2D eigenvalue weighted by atomic mass is 79.9. The Balaban J connectivity index is 1.65. The Morgan fingerprint density at radius 1 is 1.15 bits per heavy atom. The lowest BCUT2D eigenvalue weighted by molar-refractivity contribution is -0.113. The molecule has 0 aliphatic rings. The number of hydrogen-bond acceptors (Lipinski definition) is 4. The third-order valence-corrected chi connectivity index (χ3v) is 6.41. The van der Waals surface area contributed by atoms with Crippen LogP contribution in [0, 0.1) is 20.8 Å². The largest absolute Gasteiger partial charge is 0.301 e. The van der Waals surface area contributed by atoms with Crippen LogP contribution < -0.4 is 5.32 Å². The van der Waals surface area contributed by atoms with Gasteiger partial charge in [0.15, 0.2) is 5.13 Å². The molecule has 0 spiro atoms. The summed E-state index contributed by atoms with van der Waals surface area (Å²) >= 11 is 6.51. The van der Waals surface area contributed by atoms with Crippen LogP contribution in [0.5, 0.6) is 0 Å². The number of carbonyl (C=O) groups is 1. The van der Waals surface area contributed by atoms with Crippen molar-refractivity contribution in [2.75, 3.05) is 11.1 Å². The summed E-state index contributed by atoms with van der Waals surface area (Å²) in [6, 6.07) is 14.4. The van der Waals surface area contributed by atoms with Crippen LogP contribution in [0.3, 0.4) is 0 Å².